The highest BCUT2D eigenvalue weighted by Crippen LogP contribution is 2.12. The molecular weight excluding hydrogens is 212 g/mol. The van der Waals surface area contributed by atoms with Crippen molar-refractivity contribution in [2.24, 2.45) is 11.8 Å². The van der Waals surface area contributed by atoms with Gasteiger partial charge in [-0.05, 0) is 31.7 Å². The molecule has 1 aliphatic heterocycles. The van der Waals surface area contributed by atoms with Crippen LogP contribution in [0.1, 0.15) is 47.0 Å². The van der Waals surface area contributed by atoms with E-state index in [1.807, 2.05) is 13.8 Å². The molecule has 1 fully saturated rings. The van der Waals surface area contributed by atoms with Crippen LogP contribution in [-0.2, 0) is 4.79 Å². The summed E-state index contributed by atoms with van der Waals surface area (Å²) in [5.74, 6) is 1.09. The van der Waals surface area contributed by atoms with E-state index in [9.17, 15) is 4.79 Å². The van der Waals surface area contributed by atoms with Gasteiger partial charge in [-0.2, -0.15) is 0 Å². The van der Waals surface area contributed by atoms with Crippen molar-refractivity contribution < 1.29 is 4.79 Å². The summed E-state index contributed by atoms with van der Waals surface area (Å²) in [6, 6.07) is 0.403. The molecule has 3 nitrogen and oxygen atoms in total. The van der Waals surface area contributed by atoms with Crippen LogP contribution in [0.3, 0.4) is 0 Å². The zero-order chi connectivity index (χ0) is 12.8. The van der Waals surface area contributed by atoms with E-state index in [0.717, 1.165) is 31.8 Å². The van der Waals surface area contributed by atoms with E-state index < -0.39 is 0 Å². The number of carbonyl (C=O) groups is 1. The Morgan fingerprint density at radius 3 is 2.29 bits per heavy atom. The first-order chi connectivity index (χ1) is 7.99. The smallest absolute Gasteiger partial charge is 0.222 e. The fraction of sp³-hybridized carbons (Fsp3) is 0.929. The van der Waals surface area contributed by atoms with E-state index in [1.54, 1.807) is 0 Å². The number of rotatable bonds is 5. The first-order valence-corrected chi connectivity index (χ1v) is 7.01. The van der Waals surface area contributed by atoms with Crippen molar-refractivity contribution in [2.75, 3.05) is 19.6 Å². The Labute approximate surface area is 106 Å². The number of carbonyl (C=O) groups excluding carboxylic acids is 1. The maximum Gasteiger partial charge on any atom is 0.222 e. The van der Waals surface area contributed by atoms with Gasteiger partial charge in [0.25, 0.3) is 0 Å². The fourth-order valence-corrected chi connectivity index (χ4v) is 2.11. The molecule has 1 aliphatic rings. The number of hydrogen-bond acceptors (Lipinski definition) is 2. The van der Waals surface area contributed by atoms with Crippen LogP contribution in [0, 0.1) is 11.8 Å². The second kappa shape index (κ2) is 7.00. The number of hydrogen-bond donors (Lipinski definition) is 1. The third kappa shape index (κ3) is 5.53. The van der Waals surface area contributed by atoms with Crippen LogP contribution in [0.15, 0.2) is 0 Å². The second-order valence-corrected chi connectivity index (χ2v) is 5.96. The zero-order valence-corrected chi connectivity index (χ0v) is 11.8. The van der Waals surface area contributed by atoms with Crippen molar-refractivity contribution in [1.82, 2.24) is 10.2 Å². The van der Waals surface area contributed by atoms with Crippen LogP contribution < -0.4 is 5.32 Å². The van der Waals surface area contributed by atoms with Crippen molar-refractivity contribution in [3.63, 3.8) is 0 Å². The SMILES string of the molecule is CC(C)CCN1CCC(NC(=O)C(C)C)CC1. The molecule has 0 atom stereocenters. The third-order valence-corrected chi connectivity index (χ3v) is 3.48. The maximum absolute atomic E-state index is 11.6. The number of nitrogens with one attached hydrogen (secondary N) is 1. The Kier molecular flexibility index (Phi) is 5.96. The van der Waals surface area contributed by atoms with Crippen LogP contribution in [0.25, 0.3) is 0 Å². The quantitative estimate of drug-likeness (QED) is 0.799. The maximum atomic E-state index is 11.6. The van der Waals surface area contributed by atoms with Gasteiger partial charge in [0.2, 0.25) is 5.91 Å². The number of nitrogens with zero attached hydrogens (tertiary/aromatic N) is 1. The topological polar surface area (TPSA) is 32.3 Å². The molecule has 1 rings (SSSR count). The van der Waals surface area contributed by atoms with Gasteiger partial charge in [-0.3, -0.25) is 4.79 Å². The van der Waals surface area contributed by atoms with E-state index in [0.29, 0.717) is 6.04 Å². The largest absolute Gasteiger partial charge is 0.353 e. The predicted molar refractivity (Wildman–Crippen MR) is 71.9 cm³/mol. The fourth-order valence-electron chi connectivity index (χ4n) is 2.11. The third-order valence-electron chi connectivity index (χ3n) is 3.48. The summed E-state index contributed by atoms with van der Waals surface area (Å²) in [6.45, 7) is 11.9. The van der Waals surface area contributed by atoms with Crippen LogP contribution >= 0.6 is 0 Å². The molecule has 0 aromatic rings. The van der Waals surface area contributed by atoms with Crippen LogP contribution in [0.5, 0.6) is 0 Å². The average Bonchev–Trinajstić information content (AvgIpc) is 2.28. The van der Waals surface area contributed by atoms with E-state index in [-0.39, 0.29) is 11.8 Å². The Morgan fingerprint density at radius 2 is 1.82 bits per heavy atom. The molecule has 0 bridgehead atoms. The highest BCUT2D eigenvalue weighted by Gasteiger charge is 2.21. The molecule has 3 heteroatoms. The van der Waals surface area contributed by atoms with Crippen molar-refractivity contribution >= 4 is 5.91 Å². The first kappa shape index (κ1) is 14.5. The van der Waals surface area contributed by atoms with Gasteiger partial charge >= 0.3 is 0 Å². The van der Waals surface area contributed by atoms with Crippen molar-refractivity contribution in [3.05, 3.63) is 0 Å². The number of likely N-dealkylation sites (tertiary alicyclic amines) is 1. The van der Waals surface area contributed by atoms with Crippen LogP contribution in [-0.4, -0.2) is 36.5 Å². The van der Waals surface area contributed by atoms with Gasteiger partial charge in [-0.25, -0.2) is 0 Å². The summed E-state index contributed by atoms with van der Waals surface area (Å²) < 4.78 is 0. The second-order valence-electron chi connectivity index (χ2n) is 5.96. The van der Waals surface area contributed by atoms with Crippen molar-refractivity contribution in [2.45, 2.75) is 53.0 Å². The summed E-state index contributed by atoms with van der Waals surface area (Å²) in [4.78, 5) is 14.1. The average molecular weight is 240 g/mol. The molecule has 0 aliphatic carbocycles. The lowest BCUT2D eigenvalue weighted by Gasteiger charge is -2.33. The molecular formula is C14H28N2O. The molecule has 100 valence electrons. The Hall–Kier alpha value is -0.570. The predicted octanol–water partition coefficient (Wildman–Crippen LogP) is 2.27. The molecule has 0 aromatic heterocycles. The summed E-state index contributed by atoms with van der Waals surface area (Å²) in [5.41, 5.74) is 0. The highest BCUT2D eigenvalue weighted by molar-refractivity contribution is 5.78. The molecule has 1 amide bonds. The van der Waals surface area contributed by atoms with Gasteiger partial charge < -0.3 is 10.2 Å². The van der Waals surface area contributed by atoms with Gasteiger partial charge in [-0.15, -0.1) is 0 Å². The molecule has 0 unspecified atom stereocenters. The number of amides is 1. The summed E-state index contributed by atoms with van der Waals surface area (Å²) in [7, 11) is 0. The van der Waals surface area contributed by atoms with Crippen molar-refractivity contribution in [3.8, 4) is 0 Å². The molecule has 1 heterocycles. The van der Waals surface area contributed by atoms with E-state index in [4.69, 9.17) is 0 Å². The van der Waals surface area contributed by atoms with Gasteiger partial charge in [0.05, 0.1) is 0 Å². The van der Waals surface area contributed by atoms with E-state index in [1.165, 1.54) is 13.0 Å². The van der Waals surface area contributed by atoms with E-state index >= 15 is 0 Å². The van der Waals surface area contributed by atoms with Gasteiger partial charge in [0, 0.05) is 25.0 Å². The Bertz CT molecular complexity index is 230. The lowest BCUT2D eigenvalue weighted by Crippen LogP contribution is -2.46. The van der Waals surface area contributed by atoms with Crippen LogP contribution in [0.4, 0.5) is 0 Å². The van der Waals surface area contributed by atoms with E-state index in [2.05, 4.69) is 24.1 Å². The zero-order valence-electron chi connectivity index (χ0n) is 11.8. The molecule has 0 radical (unpaired) electrons. The van der Waals surface area contributed by atoms with Gasteiger partial charge in [-0.1, -0.05) is 27.7 Å². The first-order valence-electron chi connectivity index (χ1n) is 7.01. The monoisotopic (exact) mass is 240 g/mol. The van der Waals surface area contributed by atoms with Gasteiger partial charge in [0.1, 0.15) is 0 Å². The minimum absolute atomic E-state index is 0.106. The molecule has 0 spiro atoms. The molecule has 1 N–H and O–H groups in total. The summed E-state index contributed by atoms with van der Waals surface area (Å²) >= 11 is 0. The Balaban J connectivity index is 2.19. The minimum Gasteiger partial charge on any atom is -0.353 e. The standard InChI is InChI=1S/C14H28N2O/c1-11(2)5-8-16-9-6-13(7-10-16)15-14(17)12(3)4/h11-13H,5-10H2,1-4H3,(H,15,17). The minimum atomic E-state index is 0.106. The summed E-state index contributed by atoms with van der Waals surface area (Å²) in [5, 5.41) is 3.14. The van der Waals surface area contributed by atoms with Crippen molar-refractivity contribution in [1.29, 1.82) is 0 Å². The number of piperidine rings is 1. The van der Waals surface area contributed by atoms with Crippen LogP contribution in [0.2, 0.25) is 0 Å². The summed E-state index contributed by atoms with van der Waals surface area (Å²) in [6.07, 6.45) is 3.50. The molecule has 0 saturated carbocycles. The van der Waals surface area contributed by atoms with Gasteiger partial charge in [0.15, 0.2) is 0 Å². The molecule has 17 heavy (non-hydrogen) atoms. The molecule has 1 saturated heterocycles. The molecule has 0 aromatic carbocycles. The Morgan fingerprint density at radius 1 is 1.24 bits per heavy atom. The lowest BCUT2D eigenvalue weighted by molar-refractivity contribution is -0.125. The normalized spacial score (nSPS) is 18.9. The lowest BCUT2D eigenvalue weighted by atomic mass is 10.0. The highest BCUT2D eigenvalue weighted by atomic mass is 16.1.